The van der Waals surface area contributed by atoms with Crippen molar-refractivity contribution in [1.29, 1.82) is 0 Å². The number of nitrogens with zero attached hydrogens (tertiary/aromatic N) is 3. The van der Waals surface area contributed by atoms with Crippen molar-refractivity contribution < 1.29 is 4.52 Å². The lowest BCUT2D eigenvalue weighted by atomic mass is 10.1. The molecule has 0 aliphatic rings. The summed E-state index contributed by atoms with van der Waals surface area (Å²) >= 11 is 1.37. The predicted molar refractivity (Wildman–Crippen MR) is 113 cm³/mol. The zero-order valence-corrected chi connectivity index (χ0v) is 17.0. The SMILES string of the molecule is Cc1ccccc1-c1noc(CSc2nc(C)c(Cc3ccccc3)c(=O)[nH]2)n1. The summed E-state index contributed by atoms with van der Waals surface area (Å²) in [4.78, 5) is 24.4. The molecule has 0 bridgehead atoms. The molecule has 0 radical (unpaired) electrons. The number of nitrogens with one attached hydrogen (secondary N) is 1. The lowest BCUT2D eigenvalue weighted by Crippen LogP contribution is -2.17. The van der Waals surface area contributed by atoms with Gasteiger partial charge in [0.25, 0.3) is 5.56 Å². The fourth-order valence-electron chi connectivity index (χ4n) is 3.04. The van der Waals surface area contributed by atoms with Crippen LogP contribution in [0.4, 0.5) is 0 Å². The van der Waals surface area contributed by atoms with Gasteiger partial charge in [-0.1, -0.05) is 71.5 Å². The molecule has 6 nitrogen and oxygen atoms in total. The molecule has 0 amide bonds. The Kier molecular flexibility index (Phi) is 5.57. The predicted octanol–water partition coefficient (Wildman–Crippen LogP) is 4.32. The largest absolute Gasteiger partial charge is 0.338 e. The van der Waals surface area contributed by atoms with Crippen LogP contribution in [-0.4, -0.2) is 20.1 Å². The number of aryl methyl sites for hydroxylation is 2. The van der Waals surface area contributed by atoms with Crippen molar-refractivity contribution in [2.24, 2.45) is 0 Å². The van der Waals surface area contributed by atoms with E-state index in [9.17, 15) is 4.79 Å². The van der Waals surface area contributed by atoms with Crippen molar-refractivity contribution in [3.05, 3.63) is 93.2 Å². The molecule has 0 fully saturated rings. The summed E-state index contributed by atoms with van der Waals surface area (Å²) in [6.45, 7) is 3.87. The molecule has 0 atom stereocenters. The number of aromatic amines is 1. The summed E-state index contributed by atoms with van der Waals surface area (Å²) in [7, 11) is 0. The molecule has 4 rings (SSSR count). The van der Waals surface area contributed by atoms with Crippen molar-refractivity contribution in [3.63, 3.8) is 0 Å². The monoisotopic (exact) mass is 404 g/mol. The Balaban J connectivity index is 1.47. The third kappa shape index (κ3) is 4.46. The number of benzene rings is 2. The van der Waals surface area contributed by atoms with Crippen LogP contribution in [0.15, 0.2) is 69.1 Å². The topological polar surface area (TPSA) is 84.7 Å². The number of thioether (sulfide) groups is 1. The Morgan fingerprint density at radius 2 is 1.76 bits per heavy atom. The Morgan fingerprint density at radius 1 is 1.00 bits per heavy atom. The average Bonchev–Trinajstić information content (AvgIpc) is 3.19. The summed E-state index contributed by atoms with van der Waals surface area (Å²) in [6, 6.07) is 17.8. The van der Waals surface area contributed by atoms with E-state index in [4.69, 9.17) is 4.52 Å². The van der Waals surface area contributed by atoms with Gasteiger partial charge in [0.2, 0.25) is 11.7 Å². The highest BCUT2D eigenvalue weighted by Gasteiger charge is 2.13. The summed E-state index contributed by atoms with van der Waals surface area (Å²) < 4.78 is 5.36. The number of rotatable bonds is 6. The Hall–Kier alpha value is -3.19. The van der Waals surface area contributed by atoms with Crippen LogP contribution in [0.5, 0.6) is 0 Å². The third-order valence-corrected chi connectivity index (χ3v) is 5.47. The van der Waals surface area contributed by atoms with E-state index in [-0.39, 0.29) is 5.56 Å². The highest BCUT2D eigenvalue weighted by Crippen LogP contribution is 2.23. The molecule has 0 aliphatic carbocycles. The summed E-state index contributed by atoms with van der Waals surface area (Å²) in [5.74, 6) is 1.48. The fraction of sp³-hybridized carbons (Fsp3) is 0.182. The van der Waals surface area contributed by atoms with Gasteiger partial charge in [0.1, 0.15) is 0 Å². The van der Waals surface area contributed by atoms with Gasteiger partial charge in [0, 0.05) is 23.2 Å². The molecule has 29 heavy (non-hydrogen) atoms. The molecular formula is C22H20N4O2S. The van der Waals surface area contributed by atoms with Gasteiger partial charge in [-0.25, -0.2) is 4.98 Å². The zero-order chi connectivity index (χ0) is 20.2. The summed E-state index contributed by atoms with van der Waals surface area (Å²) in [5, 5.41) is 4.61. The van der Waals surface area contributed by atoms with Crippen molar-refractivity contribution in [2.75, 3.05) is 0 Å². The molecule has 0 saturated heterocycles. The second kappa shape index (κ2) is 8.45. The highest BCUT2D eigenvalue weighted by atomic mass is 32.2. The Labute approximate surface area is 172 Å². The van der Waals surface area contributed by atoms with E-state index >= 15 is 0 Å². The maximum Gasteiger partial charge on any atom is 0.255 e. The van der Waals surface area contributed by atoms with Crippen LogP contribution in [0.2, 0.25) is 0 Å². The highest BCUT2D eigenvalue weighted by molar-refractivity contribution is 7.98. The van der Waals surface area contributed by atoms with Crippen LogP contribution < -0.4 is 5.56 Å². The van der Waals surface area contributed by atoms with Gasteiger partial charge in [-0.3, -0.25) is 4.79 Å². The van der Waals surface area contributed by atoms with Crippen LogP contribution in [-0.2, 0) is 12.2 Å². The molecule has 2 heterocycles. The summed E-state index contributed by atoms with van der Waals surface area (Å²) in [5.41, 5.74) is 4.41. The number of hydrogen-bond acceptors (Lipinski definition) is 6. The van der Waals surface area contributed by atoms with E-state index in [1.807, 2.05) is 68.4 Å². The molecule has 0 spiro atoms. The first-order valence-electron chi connectivity index (χ1n) is 9.25. The molecule has 2 aromatic heterocycles. The van der Waals surface area contributed by atoms with Gasteiger partial charge in [-0.2, -0.15) is 4.98 Å². The van der Waals surface area contributed by atoms with Crippen LogP contribution in [0, 0.1) is 13.8 Å². The van der Waals surface area contributed by atoms with Crippen LogP contribution in [0.1, 0.15) is 28.3 Å². The Morgan fingerprint density at radius 3 is 2.52 bits per heavy atom. The molecule has 0 unspecified atom stereocenters. The van der Waals surface area contributed by atoms with E-state index in [2.05, 4.69) is 20.1 Å². The second-order valence-corrected chi connectivity index (χ2v) is 7.68. The van der Waals surface area contributed by atoms with Gasteiger partial charge >= 0.3 is 0 Å². The number of aromatic nitrogens is 4. The molecule has 0 saturated carbocycles. The average molecular weight is 404 g/mol. The zero-order valence-electron chi connectivity index (χ0n) is 16.2. The minimum atomic E-state index is -0.116. The smallest absolute Gasteiger partial charge is 0.255 e. The molecule has 2 aromatic carbocycles. The minimum absolute atomic E-state index is 0.116. The molecule has 4 aromatic rings. The lowest BCUT2D eigenvalue weighted by molar-refractivity contribution is 0.391. The van der Waals surface area contributed by atoms with Crippen LogP contribution >= 0.6 is 11.8 Å². The second-order valence-electron chi connectivity index (χ2n) is 6.71. The van der Waals surface area contributed by atoms with Gasteiger partial charge in [0.15, 0.2) is 5.16 Å². The van der Waals surface area contributed by atoms with Crippen molar-refractivity contribution in [3.8, 4) is 11.4 Å². The molecule has 146 valence electrons. The van der Waals surface area contributed by atoms with E-state index in [1.165, 1.54) is 11.8 Å². The first-order valence-corrected chi connectivity index (χ1v) is 10.2. The van der Waals surface area contributed by atoms with Crippen molar-refractivity contribution >= 4 is 11.8 Å². The first-order chi connectivity index (χ1) is 14.1. The van der Waals surface area contributed by atoms with Crippen molar-refractivity contribution in [2.45, 2.75) is 31.2 Å². The molecule has 0 aliphatic heterocycles. The van der Waals surface area contributed by atoms with Gasteiger partial charge < -0.3 is 9.51 Å². The minimum Gasteiger partial charge on any atom is -0.338 e. The number of H-pyrrole nitrogens is 1. The lowest BCUT2D eigenvalue weighted by Gasteiger charge is -2.06. The van der Waals surface area contributed by atoms with E-state index in [0.717, 1.165) is 22.4 Å². The van der Waals surface area contributed by atoms with Gasteiger partial charge in [0.05, 0.1) is 5.75 Å². The molecule has 7 heteroatoms. The van der Waals surface area contributed by atoms with E-state index < -0.39 is 0 Å². The maximum atomic E-state index is 12.5. The van der Waals surface area contributed by atoms with Crippen LogP contribution in [0.25, 0.3) is 11.4 Å². The maximum absolute atomic E-state index is 12.5. The molecule has 1 N–H and O–H groups in total. The number of hydrogen-bond donors (Lipinski definition) is 1. The Bertz CT molecular complexity index is 1180. The first kappa shape index (κ1) is 19.1. The van der Waals surface area contributed by atoms with Crippen molar-refractivity contribution in [1.82, 2.24) is 20.1 Å². The third-order valence-electron chi connectivity index (χ3n) is 4.61. The molecular weight excluding hydrogens is 384 g/mol. The fourth-order valence-corrected chi connectivity index (χ4v) is 3.78. The van der Waals surface area contributed by atoms with Gasteiger partial charge in [-0.05, 0) is 25.0 Å². The van der Waals surface area contributed by atoms with E-state index in [0.29, 0.717) is 34.6 Å². The standard InChI is InChI=1S/C22H20N4O2S/c1-14-8-6-7-11-17(14)20-24-19(28-26-20)13-29-22-23-15(2)18(21(27)25-22)12-16-9-4-3-5-10-16/h3-11H,12-13H2,1-2H3,(H,23,25,27). The van der Waals surface area contributed by atoms with Crippen LogP contribution in [0.3, 0.4) is 0 Å². The van der Waals surface area contributed by atoms with E-state index in [1.54, 1.807) is 0 Å². The summed E-state index contributed by atoms with van der Waals surface area (Å²) in [6.07, 6.45) is 0.559. The quantitative estimate of drug-likeness (QED) is 0.381. The normalized spacial score (nSPS) is 11.0. The van der Waals surface area contributed by atoms with Gasteiger partial charge in [-0.15, -0.1) is 0 Å².